The molecular weight excluding hydrogens is 468 g/mol. The molecule has 0 aliphatic carbocycles. The van der Waals surface area contributed by atoms with E-state index >= 15 is 0 Å². The van der Waals surface area contributed by atoms with Crippen LogP contribution in [0.1, 0.15) is 16.7 Å². The van der Waals surface area contributed by atoms with Crippen molar-refractivity contribution in [3.63, 3.8) is 0 Å². The second-order valence-electron chi connectivity index (χ2n) is 6.80. The molecule has 170 valence electrons. The van der Waals surface area contributed by atoms with Gasteiger partial charge in [0.2, 0.25) is 0 Å². The fourth-order valence-electron chi connectivity index (χ4n) is 3.07. The van der Waals surface area contributed by atoms with Gasteiger partial charge >= 0.3 is 18.5 Å². The van der Waals surface area contributed by atoms with Crippen molar-refractivity contribution in [1.82, 2.24) is 0 Å². The van der Waals surface area contributed by atoms with Gasteiger partial charge in [0.15, 0.2) is 0 Å². The van der Waals surface area contributed by atoms with Gasteiger partial charge in [-0.3, -0.25) is 0 Å². The van der Waals surface area contributed by atoms with Gasteiger partial charge in [-0.15, -0.1) is 0 Å². The first kappa shape index (κ1) is 23.9. The van der Waals surface area contributed by atoms with Crippen LogP contribution in [0.3, 0.4) is 0 Å². The first-order valence-electron chi connectivity index (χ1n) is 8.81. The van der Waals surface area contributed by atoms with E-state index in [1.165, 1.54) is 0 Å². The van der Waals surface area contributed by atoms with Crippen LogP contribution in [0.5, 0.6) is 0 Å². The highest BCUT2D eigenvalue weighted by atomic mass is 31.2. The summed E-state index contributed by atoms with van der Waals surface area (Å²) in [6.07, 6.45) is -13.9. The third-order valence-corrected chi connectivity index (χ3v) is 7.96. The van der Waals surface area contributed by atoms with Gasteiger partial charge in [0, 0.05) is 0 Å². The topological polar surface area (TPSA) is 23.9 Å². The van der Waals surface area contributed by atoms with E-state index in [9.17, 15) is 39.5 Å². The van der Waals surface area contributed by atoms with Crippen molar-refractivity contribution in [2.24, 2.45) is 0 Å². The number of hydrogen-bond acceptors (Lipinski definition) is 1. The first-order valence-corrected chi connectivity index (χ1v) is 10.6. The monoisotopic (exact) mass is 481 g/mol. The zero-order valence-electron chi connectivity index (χ0n) is 15.8. The molecule has 0 atom stereocenters. The normalized spacial score (nSPS) is 13.3. The summed E-state index contributed by atoms with van der Waals surface area (Å²) in [5, 5.41) is 9.23. The number of rotatable bonds is 3. The molecule has 1 N–H and O–H groups in total. The zero-order valence-corrected chi connectivity index (χ0v) is 16.7. The maximum absolute atomic E-state index is 12.9. The van der Waals surface area contributed by atoms with E-state index in [1.807, 2.05) is 0 Å². The Balaban J connectivity index is 2.18. The molecule has 0 radical (unpaired) electrons. The molecule has 0 amide bonds. The maximum atomic E-state index is 12.9. The van der Waals surface area contributed by atoms with Crippen LogP contribution in [0.25, 0.3) is 0 Å². The second kappa shape index (κ2) is 7.99. The Hall–Kier alpha value is -2.74. The Kier molecular flexibility index (Phi) is 5.97. The molecule has 3 aromatic carbocycles. The standard InChI is InChI=1S/C21H13F9NP/c22-19(23,24)13-1-7-16(8-2-13)32(31,17-9-3-14(4-10-17)20(25,26)27)18-11-5-15(6-12-18)21(28,29)30/h1-12,31H. The summed E-state index contributed by atoms with van der Waals surface area (Å²) in [5.74, 6) is 0. The lowest BCUT2D eigenvalue weighted by molar-refractivity contribution is -0.138. The van der Waals surface area contributed by atoms with Crippen LogP contribution in [0.4, 0.5) is 39.5 Å². The lowest BCUT2D eigenvalue weighted by Crippen LogP contribution is -2.25. The van der Waals surface area contributed by atoms with Crippen molar-refractivity contribution in [2.45, 2.75) is 18.5 Å². The molecule has 32 heavy (non-hydrogen) atoms. The Bertz CT molecular complexity index is 979. The lowest BCUT2D eigenvalue weighted by atomic mass is 10.2. The van der Waals surface area contributed by atoms with Crippen LogP contribution in [-0.4, -0.2) is 0 Å². The fourth-order valence-corrected chi connectivity index (χ4v) is 5.75. The van der Waals surface area contributed by atoms with Crippen LogP contribution >= 0.6 is 7.05 Å². The van der Waals surface area contributed by atoms with Crippen molar-refractivity contribution in [1.29, 1.82) is 5.16 Å². The predicted molar refractivity (Wildman–Crippen MR) is 103 cm³/mol. The molecule has 0 heterocycles. The quantitative estimate of drug-likeness (QED) is 0.314. The van der Waals surface area contributed by atoms with Crippen molar-refractivity contribution in [3.8, 4) is 0 Å². The van der Waals surface area contributed by atoms with Gasteiger partial charge in [-0.25, -0.2) is 0 Å². The molecule has 0 aromatic heterocycles. The third-order valence-electron chi connectivity index (χ3n) is 4.75. The number of alkyl halides is 9. The number of nitrogens with one attached hydrogen (secondary N) is 1. The van der Waals surface area contributed by atoms with Gasteiger partial charge in [0.25, 0.3) is 0 Å². The van der Waals surface area contributed by atoms with Gasteiger partial charge in [-0.05, 0) is 52.3 Å². The summed E-state index contributed by atoms with van der Waals surface area (Å²) in [5.41, 5.74) is -2.98. The number of hydrogen-bond donors (Lipinski definition) is 1. The molecule has 0 unspecified atom stereocenters. The largest absolute Gasteiger partial charge is 0.416 e. The minimum absolute atomic E-state index is 0.0463. The van der Waals surface area contributed by atoms with Gasteiger partial charge in [-0.1, -0.05) is 36.4 Å². The lowest BCUT2D eigenvalue weighted by Gasteiger charge is -2.25. The molecule has 0 aliphatic rings. The summed E-state index contributed by atoms with van der Waals surface area (Å²) in [6.45, 7) is 0. The van der Waals surface area contributed by atoms with Crippen LogP contribution in [0.15, 0.2) is 72.8 Å². The van der Waals surface area contributed by atoms with E-state index in [2.05, 4.69) is 0 Å². The number of halogens is 9. The van der Waals surface area contributed by atoms with Crippen molar-refractivity contribution < 1.29 is 39.5 Å². The van der Waals surface area contributed by atoms with Gasteiger partial charge < -0.3 is 5.16 Å². The highest BCUT2D eigenvalue weighted by Gasteiger charge is 2.35. The van der Waals surface area contributed by atoms with Gasteiger partial charge in [-0.2, -0.15) is 39.5 Å². The highest BCUT2D eigenvalue weighted by Crippen LogP contribution is 2.45. The fraction of sp³-hybridized carbons (Fsp3) is 0.143. The predicted octanol–water partition coefficient (Wildman–Crippen LogP) is 6.80. The molecule has 3 rings (SSSR count). The minimum atomic E-state index is -4.65. The number of benzene rings is 3. The van der Waals surface area contributed by atoms with Crippen LogP contribution in [0.2, 0.25) is 0 Å². The first-order chi connectivity index (χ1) is 14.6. The van der Waals surface area contributed by atoms with Crippen molar-refractivity contribution in [3.05, 3.63) is 89.5 Å². The summed E-state index contributed by atoms with van der Waals surface area (Å²) in [7, 11) is -3.59. The Morgan fingerprint density at radius 2 is 0.594 bits per heavy atom. The molecule has 1 nitrogen and oxygen atoms in total. The van der Waals surface area contributed by atoms with Crippen LogP contribution in [-0.2, 0) is 18.5 Å². The molecule has 3 aromatic rings. The van der Waals surface area contributed by atoms with E-state index in [-0.39, 0.29) is 15.9 Å². The molecule has 0 bridgehead atoms. The van der Waals surface area contributed by atoms with Crippen LogP contribution in [0, 0.1) is 5.16 Å². The Morgan fingerprint density at radius 3 is 0.750 bits per heavy atom. The minimum Gasteiger partial charge on any atom is -0.305 e. The van der Waals surface area contributed by atoms with E-state index in [0.717, 1.165) is 72.8 Å². The molecule has 11 heteroatoms. The summed E-state index contributed by atoms with van der Waals surface area (Å²) in [4.78, 5) is 0. The smallest absolute Gasteiger partial charge is 0.305 e. The van der Waals surface area contributed by atoms with Gasteiger partial charge in [0.05, 0.1) is 23.7 Å². The summed E-state index contributed by atoms with van der Waals surface area (Å²) < 4.78 is 116. The molecule has 0 saturated heterocycles. The van der Waals surface area contributed by atoms with E-state index in [4.69, 9.17) is 5.16 Å². The van der Waals surface area contributed by atoms with E-state index < -0.39 is 42.3 Å². The van der Waals surface area contributed by atoms with E-state index in [1.54, 1.807) is 0 Å². The molecule has 0 saturated carbocycles. The van der Waals surface area contributed by atoms with Crippen LogP contribution < -0.4 is 15.9 Å². The third kappa shape index (κ3) is 4.70. The second-order valence-corrected chi connectivity index (χ2v) is 9.70. The molecule has 0 fully saturated rings. The molecular formula is C21H13F9NP. The van der Waals surface area contributed by atoms with Gasteiger partial charge in [0.1, 0.15) is 0 Å². The zero-order chi connectivity index (χ0) is 23.9. The Morgan fingerprint density at radius 1 is 0.406 bits per heavy atom. The SMILES string of the molecule is N=P(c1ccc(C(F)(F)F)cc1)(c1ccc(C(F)(F)F)cc1)c1ccc(C(F)(F)F)cc1. The highest BCUT2D eigenvalue weighted by molar-refractivity contribution is 7.86. The average Bonchev–Trinajstić information content (AvgIpc) is 2.71. The molecule has 0 aliphatic heterocycles. The Labute approximate surface area is 176 Å². The average molecular weight is 481 g/mol. The summed E-state index contributed by atoms with van der Waals surface area (Å²) >= 11 is 0. The molecule has 0 spiro atoms. The summed E-state index contributed by atoms with van der Waals surface area (Å²) in [6, 6.07) is 10.5. The maximum Gasteiger partial charge on any atom is 0.416 e. The van der Waals surface area contributed by atoms with Crippen molar-refractivity contribution in [2.75, 3.05) is 0 Å². The van der Waals surface area contributed by atoms with E-state index in [0.29, 0.717) is 0 Å². The van der Waals surface area contributed by atoms with Crippen molar-refractivity contribution >= 4 is 23.0 Å².